The van der Waals surface area contributed by atoms with Gasteiger partial charge in [-0.15, -0.1) is 0 Å². The summed E-state index contributed by atoms with van der Waals surface area (Å²) in [7, 11) is 0. The average Bonchev–Trinajstić information content (AvgIpc) is 2.89. The molecule has 0 aromatic rings. The van der Waals surface area contributed by atoms with Crippen molar-refractivity contribution in [3.63, 3.8) is 0 Å². The highest BCUT2D eigenvalue weighted by Gasteiger charge is 2.24. The summed E-state index contributed by atoms with van der Waals surface area (Å²) in [5, 5.41) is 9.21. The van der Waals surface area contributed by atoms with Gasteiger partial charge in [0, 0.05) is 45.8 Å². The zero-order valence-corrected chi connectivity index (χ0v) is 11.9. The Morgan fingerprint density at radius 3 is 2.68 bits per heavy atom. The summed E-state index contributed by atoms with van der Waals surface area (Å²) in [6.07, 6.45) is 3.40. The number of carbonyl (C=O) groups is 1. The molecule has 5 nitrogen and oxygen atoms in total. The molecule has 0 aliphatic carbocycles. The summed E-state index contributed by atoms with van der Waals surface area (Å²) in [4.78, 5) is 16.2. The lowest BCUT2D eigenvalue weighted by Crippen LogP contribution is -2.50. The first kappa shape index (κ1) is 14.8. The van der Waals surface area contributed by atoms with Crippen LogP contribution in [0.1, 0.15) is 32.6 Å². The van der Waals surface area contributed by atoms with Gasteiger partial charge in [-0.05, 0) is 26.2 Å². The Kier molecular flexibility index (Phi) is 5.60. The average molecular weight is 270 g/mol. The van der Waals surface area contributed by atoms with Gasteiger partial charge in [0.15, 0.2) is 0 Å². The minimum absolute atomic E-state index is 0.178. The van der Waals surface area contributed by atoms with Crippen molar-refractivity contribution in [1.82, 2.24) is 9.80 Å². The zero-order chi connectivity index (χ0) is 13.7. The largest absolute Gasteiger partial charge is 0.393 e. The minimum atomic E-state index is -0.384. The van der Waals surface area contributed by atoms with Crippen LogP contribution in [0.3, 0.4) is 0 Å². The maximum absolute atomic E-state index is 11.9. The maximum Gasteiger partial charge on any atom is 0.222 e. The number of ether oxygens (including phenoxy) is 1. The number of piperazine rings is 1. The van der Waals surface area contributed by atoms with Gasteiger partial charge in [-0.25, -0.2) is 0 Å². The predicted octanol–water partition coefficient (Wildman–Crippen LogP) is 0.471. The lowest BCUT2D eigenvalue weighted by molar-refractivity contribution is -0.133. The van der Waals surface area contributed by atoms with Gasteiger partial charge in [0.05, 0.1) is 12.2 Å². The van der Waals surface area contributed by atoms with Gasteiger partial charge in [-0.2, -0.15) is 0 Å². The molecule has 0 aromatic carbocycles. The summed E-state index contributed by atoms with van der Waals surface area (Å²) >= 11 is 0. The van der Waals surface area contributed by atoms with Crippen LogP contribution in [0.5, 0.6) is 0 Å². The molecule has 0 bridgehead atoms. The lowest BCUT2D eigenvalue weighted by Gasteiger charge is -2.35. The molecule has 2 rings (SSSR count). The zero-order valence-electron chi connectivity index (χ0n) is 11.9. The second-order valence-corrected chi connectivity index (χ2v) is 5.70. The van der Waals surface area contributed by atoms with E-state index in [1.54, 1.807) is 6.92 Å². The molecule has 2 heterocycles. The Labute approximate surface area is 115 Å². The number of nitrogens with zero attached hydrogens (tertiary/aromatic N) is 2. The molecular weight excluding hydrogens is 244 g/mol. The standard InChI is InChI=1S/C14H26N2O3/c1-12(17)4-5-14(18)16-8-6-15(7-9-16)11-13-3-2-10-19-13/h12-13,17H,2-11H2,1H3. The van der Waals surface area contributed by atoms with Crippen LogP contribution >= 0.6 is 0 Å². The Morgan fingerprint density at radius 1 is 1.37 bits per heavy atom. The van der Waals surface area contributed by atoms with E-state index in [2.05, 4.69) is 4.90 Å². The van der Waals surface area contributed by atoms with Gasteiger partial charge in [0.1, 0.15) is 0 Å². The highest BCUT2D eigenvalue weighted by Crippen LogP contribution is 2.15. The summed E-state index contributed by atoms with van der Waals surface area (Å²) < 4.78 is 5.64. The quantitative estimate of drug-likeness (QED) is 0.789. The number of hydrogen-bond acceptors (Lipinski definition) is 4. The molecule has 110 valence electrons. The number of carbonyl (C=O) groups excluding carboxylic acids is 1. The predicted molar refractivity (Wildman–Crippen MR) is 72.9 cm³/mol. The molecule has 0 aromatic heterocycles. The van der Waals surface area contributed by atoms with Crippen molar-refractivity contribution in [2.24, 2.45) is 0 Å². The Hall–Kier alpha value is -0.650. The van der Waals surface area contributed by atoms with E-state index in [4.69, 9.17) is 4.74 Å². The summed E-state index contributed by atoms with van der Waals surface area (Å²) in [6.45, 7) is 7.16. The highest BCUT2D eigenvalue weighted by molar-refractivity contribution is 5.76. The van der Waals surface area contributed by atoms with E-state index in [1.807, 2.05) is 4.90 Å². The second-order valence-electron chi connectivity index (χ2n) is 5.70. The third-order valence-electron chi connectivity index (χ3n) is 3.99. The van der Waals surface area contributed by atoms with Crippen molar-refractivity contribution in [3.05, 3.63) is 0 Å². The Bertz CT molecular complexity index is 282. The molecule has 2 atom stereocenters. The Morgan fingerprint density at radius 2 is 2.11 bits per heavy atom. The van der Waals surface area contributed by atoms with Crippen molar-refractivity contribution in [3.8, 4) is 0 Å². The monoisotopic (exact) mass is 270 g/mol. The first-order chi connectivity index (χ1) is 9.15. The molecule has 2 fully saturated rings. The van der Waals surface area contributed by atoms with Gasteiger partial charge in [-0.1, -0.05) is 0 Å². The molecule has 2 aliphatic heterocycles. The van der Waals surface area contributed by atoms with Gasteiger partial charge in [0.25, 0.3) is 0 Å². The molecule has 2 saturated heterocycles. The fourth-order valence-electron chi connectivity index (χ4n) is 2.75. The fourth-order valence-corrected chi connectivity index (χ4v) is 2.75. The van der Waals surface area contributed by atoms with Gasteiger partial charge >= 0.3 is 0 Å². The molecule has 5 heteroatoms. The molecule has 19 heavy (non-hydrogen) atoms. The number of amides is 1. The van der Waals surface area contributed by atoms with Gasteiger partial charge < -0.3 is 14.7 Å². The number of aliphatic hydroxyl groups excluding tert-OH is 1. The maximum atomic E-state index is 11.9. The molecule has 1 amide bonds. The van der Waals surface area contributed by atoms with Gasteiger partial charge in [0.2, 0.25) is 5.91 Å². The first-order valence-corrected chi connectivity index (χ1v) is 7.45. The summed E-state index contributed by atoms with van der Waals surface area (Å²) in [5.74, 6) is 0.178. The topological polar surface area (TPSA) is 53.0 Å². The van der Waals surface area contributed by atoms with E-state index >= 15 is 0 Å². The van der Waals surface area contributed by atoms with E-state index < -0.39 is 0 Å². The van der Waals surface area contributed by atoms with Crippen LogP contribution in [0, 0.1) is 0 Å². The first-order valence-electron chi connectivity index (χ1n) is 7.45. The molecular formula is C14H26N2O3. The van der Waals surface area contributed by atoms with Crippen LogP contribution in [-0.2, 0) is 9.53 Å². The third kappa shape index (κ3) is 4.75. The van der Waals surface area contributed by atoms with E-state index in [0.29, 0.717) is 18.9 Å². The van der Waals surface area contributed by atoms with Crippen LogP contribution in [0.2, 0.25) is 0 Å². The van der Waals surface area contributed by atoms with Crippen molar-refractivity contribution < 1.29 is 14.6 Å². The van der Waals surface area contributed by atoms with Crippen LogP contribution < -0.4 is 0 Å². The van der Waals surface area contributed by atoms with E-state index in [1.165, 1.54) is 12.8 Å². The fraction of sp³-hybridized carbons (Fsp3) is 0.929. The van der Waals surface area contributed by atoms with Crippen LogP contribution in [-0.4, -0.2) is 72.4 Å². The van der Waals surface area contributed by atoms with Crippen LogP contribution in [0.4, 0.5) is 0 Å². The number of aliphatic hydroxyl groups is 1. The number of hydrogen-bond donors (Lipinski definition) is 1. The summed E-state index contributed by atoms with van der Waals surface area (Å²) in [5.41, 5.74) is 0. The van der Waals surface area contributed by atoms with E-state index in [9.17, 15) is 9.90 Å². The smallest absolute Gasteiger partial charge is 0.222 e. The lowest BCUT2D eigenvalue weighted by atomic mass is 10.2. The molecule has 2 unspecified atom stereocenters. The summed E-state index contributed by atoms with van der Waals surface area (Å²) in [6, 6.07) is 0. The Balaban J connectivity index is 1.65. The number of rotatable bonds is 5. The third-order valence-corrected chi connectivity index (χ3v) is 3.99. The van der Waals surface area contributed by atoms with Crippen molar-refractivity contribution in [2.45, 2.75) is 44.8 Å². The van der Waals surface area contributed by atoms with Crippen molar-refractivity contribution in [1.29, 1.82) is 0 Å². The van der Waals surface area contributed by atoms with Crippen molar-refractivity contribution >= 4 is 5.91 Å². The van der Waals surface area contributed by atoms with E-state index in [-0.39, 0.29) is 12.0 Å². The molecule has 0 radical (unpaired) electrons. The van der Waals surface area contributed by atoms with E-state index in [0.717, 1.165) is 39.3 Å². The normalized spacial score (nSPS) is 26.6. The SMILES string of the molecule is CC(O)CCC(=O)N1CCN(CC2CCCO2)CC1. The van der Waals surface area contributed by atoms with Crippen molar-refractivity contribution in [2.75, 3.05) is 39.3 Å². The second kappa shape index (κ2) is 7.22. The molecule has 0 spiro atoms. The van der Waals surface area contributed by atoms with Crippen LogP contribution in [0.15, 0.2) is 0 Å². The highest BCUT2D eigenvalue weighted by atomic mass is 16.5. The molecule has 0 saturated carbocycles. The van der Waals surface area contributed by atoms with Crippen LogP contribution in [0.25, 0.3) is 0 Å². The molecule has 1 N–H and O–H groups in total. The minimum Gasteiger partial charge on any atom is -0.393 e. The molecule has 2 aliphatic rings. The van der Waals surface area contributed by atoms with Gasteiger partial charge in [-0.3, -0.25) is 9.69 Å².